The van der Waals surface area contributed by atoms with Crippen molar-refractivity contribution in [2.45, 2.75) is 24.6 Å². The molecular weight excluding hydrogens is 242 g/mol. The van der Waals surface area contributed by atoms with Gasteiger partial charge in [-0.25, -0.2) is 8.42 Å². The number of rotatable bonds is 6. The minimum atomic E-state index is -4.59. The van der Waals surface area contributed by atoms with E-state index >= 15 is 0 Å². The van der Waals surface area contributed by atoms with Gasteiger partial charge in [0.2, 0.25) is 0 Å². The van der Waals surface area contributed by atoms with Gasteiger partial charge in [-0.3, -0.25) is 0 Å². The zero-order valence-corrected chi connectivity index (χ0v) is 9.59. The SMILES string of the molecule is O=S(=O)(C(F)F)N(CCO)CC1CCCN1. The number of hydrogen-bond acceptors (Lipinski definition) is 4. The molecule has 0 spiro atoms. The van der Waals surface area contributed by atoms with Crippen LogP contribution in [0, 0.1) is 0 Å². The number of nitrogens with one attached hydrogen (secondary N) is 1. The molecular formula is C8H16F2N2O3S. The lowest BCUT2D eigenvalue weighted by Crippen LogP contribution is -2.44. The van der Waals surface area contributed by atoms with Crippen molar-refractivity contribution in [1.29, 1.82) is 0 Å². The number of aliphatic hydroxyl groups excluding tert-OH is 1. The molecule has 0 aromatic heterocycles. The Morgan fingerprint density at radius 2 is 2.19 bits per heavy atom. The average Bonchev–Trinajstić information content (AvgIpc) is 2.69. The first-order chi connectivity index (χ1) is 7.48. The third kappa shape index (κ3) is 3.34. The van der Waals surface area contributed by atoms with Gasteiger partial charge in [0.15, 0.2) is 0 Å². The molecule has 1 heterocycles. The third-order valence-corrected chi connectivity index (χ3v) is 4.02. The van der Waals surface area contributed by atoms with Crippen molar-refractivity contribution in [2.75, 3.05) is 26.2 Å². The minimum Gasteiger partial charge on any atom is -0.395 e. The van der Waals surface area contributed by atoms with Crippen molar-refractivity contribution in [3.8, 4) is 0 Å². The second-order valence-corrected chi connectivity index (χ2v) is 5.58. The largest absolute Gasteiger partial charge is 0.395 e. The van der Waals surface area contributed by atoms with E-state index in [1.807, 2.05) is 0 Å². The lowest BCUT2D eigenvalue weighted by atomic mass is 10.2. The fourth-order valence-electron chi connectivity index (χ4n) is 1.70. The molecule has 1 atom stereocenters. The molecule has 1 rings (SSSR count). The van der Waals surface area contributed by atoms with Gasteiger partial charge in [-0.05, 0) is 19.4 Å². The monoisotopic (exact) mass is 258 g/mol. The average molecular weight is 258 g/mol. The van der Waals surface area contributed by atoms with Crippen LogP contribution >= 0.6 is 0 Å². The van der Waals surface area contributed by atoms with E-state index in [1.54, 1.807) is 0 Å². The van der Waals surface area contributed by atoms with E-state index in [0.717, 1.165) is 19.4 Å². The summed E-state index contributed by atoms with van der Waals surface area (Å²) < 4.78 is 47.8. The van der Waals surface area contributed by atoms with Crippen molar-refractivity contribution in [3.63, 3.8) is 0 Å². The van der Waals surface area contributed by atoms with Crippen LogP contribution < -0.4 is 5.32 Å². The van der Waals surface area contributed by atoms with Gasteiger partial charge >= 0.3 is 5.76 Å². The molecule has 0 radical (unpaired) electrons. The summed E-state index contributed by atoms with van der Waals surface area (Å²) in [7, 11) is -4.59. The van der Waals surface area contributed by atoms with Crippen molar-refractivity contribution >= 4 is 10.0 Å². The number of halogens is 2. The van der Waals surface area contributed by atoms with E-state index in [9.17, 15) is 17.2 Å². The van der Waals surface area contributed by atoms with Gasteiger partial charge in [0.1, 0.15) is 0 Å². The summed E-state index contributed by atoms with van der Waals surface area (Å²) in [6, 6.07) is -0.0972. The summed E-state index contributed by atoms with van der Waals surface area (Å²) in [6.07, 6.45) is 1.67. The Hall–Kier alpha value is -0.310. The van der Waals surface area contributed by atoms with Gasteiger partial charge in [-0.1, -0.05) is 0 Å². The van der Waals surface area contributed by atoms with Crippen LogP contribution in [0.2, 0.25) is 0 Å². The molecule has 2 N–H and O–H groups in total. The van der Waals surface area contributed by atoms with Gasteiger partial charge in [-0.15, -0.1) is 0 Å². The summed E-state index contributed by atoms with van der Waals surface area (Å²) in [4.78, 5) is 0. The molecule has 0 aromatic carbocycles. The maximum absolute atomic E-state index is 12.3. The number of nitrogens with zero attached hydrogens (tertiary/aromatic N) is 1. The van der Waals surface area contributed by atoms with Crippen LogP contribution in [-0.4, -0.2) is 55.9 Å². The maximum Gasteiger partial charge on any atom is 0.350 e. The fourth-order valence-corrected chi connectivity index (χ4v) is 2.65. The Balaban J connectivity index is 2.66. The number of hydrogen-bond donors (Lipinski definition) is 2. The zero-order chi connectivity index (χ0) is 12.2. The maximum atomic E-state index is 12.3. The highest BCUT2D eigenvalue weighted by Crippen LogP contribution is 2.15. The second-order valence-electron chi connectivity index (χ2n) is 3.68. The van der Waals surface area contributed by atoms with Crippen LogP contribution in [-0.2, 0) is 10.0 Å². The molecule has 8 heteroatoms. The quantitative estimate of drug-likeness (QED) is 0.679. The first-order valence-electron chi connectivity index (χ1n) is 5.10. The van der Waals surface area contributed by atoms with Gasteiger partial charge in [0, 0.05) is 19.1 Å². The molecule has 0 aromatic rings. The fraction of sp³-hybridized carbons (Fsp3) is 1.00. The van der Waals surface area contributed by atoms with Gasteiger partial charge in [0.25, 0.3) is 10.0 Å². The molecule has 0 saturated carbocycles. The van der Waals surface area contributed by atoms with Crippen molar-refractivity contribution < 1.29 is 22.3 Å². The van der Waals surface area contributed by atoms with Crippen LogP contribution in [0.3, 0.4) is 0 Å². The second kappa shape index (κ2) is 5.85. The van der Waals surface area contributed by atoms with Crippen molar-refractivity contribution in [2.24, 2.45) is 0 Å². The van der Waals surface area contributed by atoms with E-state index in [4.69, 9.17) is 5.11 Å². The van der Waals surface area contributed by atoms with Crippen LogP contribution in [0.15, 0.2) is 0 Å². The molecule has 1 unspecified atom stereocenters. The molecule has 0 aliphatic carbocycles. The van der Waals surface area contributed by atoms with Crippen molar-refractivity contribution in [3.05, 3.63) is 0 Å². The van der Waals surface area contributed by atoms with Gasteiger partial charge in [-0.2, -0.15) is 13.1 Å². The molecule has 1 aliphatic heterocycles. The molecule has 0 amide bonds. The first-order valence-corrected chi connectivity index (χ1v) is 6.60. The first kappa shape index (κ1) is 13.8. The Kier molecular flexibility index (Phi) is 5.03. The molecule has 0 bridgehead atoms. The summed E-state index contributed by atoms with van der Waals surface area (Å²) in [5.41, 5.74) is 0. The van der Waals surface area contributed by atoms with E-state index in [1.165, 1.54) is 0 Å². The third-order valence-electron chi connectivity index (χ3n) is 2.52. The summed E-state index contributed by atoms with van der Waals surface area (Å²) in [5, 5.41) is 11.7. The Labute approximate surface area is 93.5 Å². The summed E-state index contributed by atoms with van der Waals surface area (Å²) >= 11 is 0. The molecule has 1 saturated heterocycles. The smallest absolute Gasteiger partial charge is 0.350 e. The molecule has 96 valence electrons. The van der Waals surface area contributed by atoms with Gasteiger partial charge < -0.3 is 10.4 Å². The van der Waals surface area contributed by atoms with E-state index < -0.39 is 22.4 Å². The molecule has 5 nitrogen and oxygen atoms in total. The Morgan fingerprint density at radius 1 is 1.50 bits per heavy atom. The topological polar surface area (TPSA) is 69.6 Å². The molecule has 1 fully saturated rings. The summed E-state index contributed by atoms with van der Waals surface area (Å²) in [6.45, 7) is 0.0170. The highest BCUT2D eigenvalue weighted by molar-refractivity contribution is 7.89. The highest BCUT2D eigenvalue weighted by atomic mass is 32.2. The zero-order valence-electron chi connectivity index (χ0n) is 8.77. The standard InChI is InChI=1S/C8H16F2N2O3S/c9-8(10)16(14,15)12(4-5-13)6-7-2-1-3-11-7/h7-8,11,13H,1-6H2. The van der Waals surface area contributed by atoms with E-state index in [-0.39, 0.29) is 19.1 Å². The minimum absolute atomic E-state index is 0.00671. The predicted molar refractivity (Wildman–Crippen MR) is 54.6 cm³/mol. The molecule has 16 heavy (non-hydrogen) atoms. The van der Waals surface area contributed by atoms with Crippen LogP contribution in [0.25, 0.3) is 0 Å². The van der Waals surface area contributed by atoms with Crippen molar-refractivity contribution in [1.82, 2.24) is 9.62 Å². The van der Waals surface area contributed by atoms with Gasteiger partial charge in [0.05, 0.1) is 6.61 Å². The Bertz CT molecular complexity index is 304. The summed E-state index contributed by atoms with van der Waals surface area (Å²) in [5.74, 6) is -3.43. The van der Waals surface area contributed by atoms with Crippen LogP contribution in [0.5, 0.6) is 0 Å². The normalized spacial score (nSPS) is 22.2. The predicted octanol–water partition coefficient (Wildman–Crippen LogP) is -0.415. The number of alkyl halides is 2. The van der Waals surface area contributed by atoms with Crippen LogP contribution in [0.1, 0.15) is 12.8 Å². The lowest BCUT2D eigenvalue weighted by molar-refractivity contribution is 0.202. The molecule has 1 aliphatic rings. The number of sulfonamides is 1. The Morgan fingerprint density at radius 3 is 2.62 bits per heavy atom. The van der Waals surface area contributed by atoms with Crippen LogP contribution in [0.4, 0.5) is 8.78 Å². The van der Waals surface area contributed by atoms with E-state index in [0.29, 0.717) is 4.31 Å². The van der Waals surface area contributed by atoms with E-state index in [2.05, 4.69) is 5.32 Å². The highest BCUT2D eigenvalue weighted by Gasteiger charge is 2.33. The number of aliphatic hydroxyl groups is 1. The lowest BCUT2D eigenvalue weighted by Gasteiger charge is -2.23.